The number of carbonyl (C=O) groups is 2. The van der Waals surface area contributed by atoms with Crippen LogP contribution in [0.2, 0.25) is 0 Å². The summed E-state index contributed by atoms with van der Waals surface area (Å²) in [4.78, 5) is 34.7. The molecule has 4 rings (SSSR count). The van der Waals surface area contributed by atoms with Crippen molar-refractivity contribution in [2.45, 2.75) is 31.5 Å². The number of non-ortho nitro benzene ring substituents is 1. The Balaban J connectivity index is 1.55. The molecule has 1 saturated heterocycles. The molecule has 1 saturated carbocycles. The molecular formula is C19H15NO7. The van der Waals surface area contributed by atoms with Crippen LogP contribution < -0.4 is 0 Å². The minimum atomic E-state index is -1.11. The molecule has 1 aliphatic heterocycles. The monoisotopic (exact) mass is 369 g/mol. The maximum atomic E-state index is 12.3. The molecule has 27 heavy (non-hydrogen) atoms. The maximum absolute atomic E-state index is 12.3. The minimum Gasteiger partial charge on any atom is -0.457 e. The van der Waals surface area contributed by atoms with Gasteiger partial charge in [-0.15, -0.1) is 0 Å². The van der Waals surface area contributed by atoms with Gasteiger partial charge < -0.3 is 13.9 Å². The summed E-state index contributed by atoms with van der Waals surface area (Å²) in [7, 11) is 0. The van der Waals surface area contributed by atoms with Crippen LogP contribution in [0.4, 0.5) is 5.69 Å². The minimum absolute atomic E-state index is 0.0267. The van der Waals surface area contributed by atoms with Crippen LogP contribution in [0, 0.1) is 10.1 Å². The van der Waals surface area contributed by atoms with Crippen molar-refractivity contribution in [1.29, 1.82) is 0 Å². The molecule has 0 radical (unpaired) electrons. The number of nitrogens with zero attached hydrogens (tertiary/aromatic N) is 1. The lowest BCUT2D eigenvalue weighted by Gasteiger charge is -2.32. The summed E-state index contributed by atoms with van der Waals surface area (Å²) in [6.45, 7) is 0. The number of carbonyl (C=O) groups excluding carboxylic acids is 2. The standard InChI is InChI=1S/C19H15NO7/c21-17-15(18(22)27-19(26-17)9-1-2-10-19)11-14-7-8-16(25-14)12-3-5-13(6-4-12)20(23)24/h3-8,11H,1-2,9-10H2. The molecular weight excluding hydrogens is 354 g/mol. The topological polar surface area (TPSA) is 109 Å². The average molecular weight is 369 g/mol. The summed E-state index contributed by atoms with van der Waals surface area (Å²) >= 11 is 0. The Kier molecular flexibility index (Phi) is 4.02. The third-order valence-electron chi connectivity index (χ3n) is 4.64. The quantitative estimate of drug-likeness (QED) is 0.267. The van der Waals surface area contributed by atoms with Gasteiger partial charge in [0.1, 0.15) is 17.1 Å². The smallest absolute Gasteiger partial charge is 0.349 e. The number of hydrogen-bond donors (Lipinski definition) is 0. The molecule has 138 valence electrons. The summed E-state index contributed by atoms with van der Waals surface area (Å²) in [6.07, 6.45) is 4.00. The first-order chi connectivity index (χ1) is 13.0. The second-order valence-electron chi connectivity index (χ2n) is 6.46. The fourth-order valence-corrected chi connectivity index (χ4v) is 3.26. The van der Waals surface area contributed by atoms with E-state index in [1.165, 1.54) is 18.2 Å². The highest BCUT2D eigenvalue weighted by molar-refractivity contribution is 6.18. The molecule has 2 heterocycles. The molecule has 1 aromatic carbocycles. The van der Waals surface area contributed by atoms with Gasteiger partial charge in [0.15, 0.2) is 0 Å². The maximum Gasteiger partial charge on any atom is 0.349 e. The normalized spacial score (nSPS) is 18.3. The van der Waals surface area contributed by atoms with E-state index in [4.69, 9.17) is 13.9 Å². The second kappa shape index (κ2) is 6.39. The third-order valence-corrected chi connectivity index (χ3v) is 4.64. The van der Waals surface area contributed by atoms with Crippen LogP contribution in [-0.2, 0) is 19.1 Å². The summed E-state index contributed by atoms with van der Waals surface area (Å²) in [5.41, 5.74) is 0.377. The molecule has 2 fully saturated rings. The Morgan fingerprint density at radius 2 is 1.59 bits per heavy atom. The van der Waals surface area contributed by atoms with Gasteiger partial charge >= 0.3 is 11.9 Å². The first-order valence-electron chi connectivity index (χ1n) is 8.49. The number of ether oxygens (including phenoxy) is 2. The number of benzene rings is 1. The Labute approximate surface area is 153 Å². The predicted octanol–water partition coefficient (Wildman–Crippen LogP) is 3.61. The van der Waals surface area contributed by atoms with E-state index in [1.54, 1.807) is 24.3 Å². The zero-order chi connectivity index (χ0) is 19.0. The summed E-state index contributed by atoms with van der Waals surface area (Å²) < 4.78 is 16.3. The predicted molar refractivity (Wildman–Crippen MR) is 92.2 cm³/mol. The van der Waals surface area contributed by atoms with Crippen LogP contribution in [0.25, 0.3) is 17.4 Å². The van der Waals surface area contributed by atoms with E-state index in [-0.39, 0.29) is 17.0 Å². The van der Waals surface area contributed by atoms with Crippen LogP contribution in [-0.4, -0.2) is 22.6 Å². The van der Waals surface area contributed by atoms with Crippen molar-refractivity contribution in [2.75, 3.05) is 0 Å². The van der Waals surface area contributed by atoms with Crippen molar-refractivity contribution in [1.82, 2.24) is 0 Å². The molecule has 0 atom stereocenters. The first-order valence-corrected chi connectivity index (χ1v) is 8.49. The van der Waals surface area contributed by atoms with Crippen molar-refractivity contribution < 1.29 is 28.4 Å². The number of nitro groups is 1. The van der Waals surface area contributed by atoms with Crippen molar-refractivity contribution >= 4 is 23.7 Å². The van der Waals surface area contributed by atoms with Crippen LogP contribution in [0.5, 0.6) is 0 Å². The van der Waals surface area contributed by atoms with Gasteiger partial charge in [0.2, 0.25) is 0 Å². The molecule has 8 nitrogen and oxygen atoms in total. The van der Waals surface area contributed by atoms with Crippen molar-refractivity contribution in [3.8, 4) is 11.3 Å². The van der Waals surface area contributed by atoms with E-state index < -0.39 is 22.6 Å². The van der Waals surface area contributed by atoms with E-state index in [0.717, 1.165) is 12.8 Å². The second-order valence-corrected chi connectivity index (χ2v) is 6.46. The van der Waals surface area contributed by atoms with E-state index in [2.05, 4.69) is 0 Å². The zero-order valence-electron chi connectivity index (χ0n) is 14.2. The number of esters is 2. The molecule has 0 N–H and O–H groups in total. The average Bonchev–Trinajstić information content (AvgIpc) is 3.28. The lowest BCUT2D eigenvalue weighted by Crippen LogP contribution is -2.44. The van der Waals surface area contributed by atoms with Gasteiger partial charge in [-0.3, -0.25) is 10.1 Å². The highest BCUT2D eigenvalue weighted by atomic mass is 16.7. The molecule has 0 amide bonds. The van der Waals surface area contributed by atoms with Gasteiger partial charge in [-0.05, 0) is 37.1 Å². The molecule has 0 unspecified atom stereocenters. The summed E-state index contributed by atoms with van der Waals surface area (Å²) in [5, 5.41) is 10.7. The van der Waals surface area contributed by atoms with Crippen LogP contribution >= 0.6 is 0 Å². The number of furan rings is 1. The van der Waals surface area contributed by atoms with Crippen LogP contribution in [0.3, 0.4) is 0 Å². The lowest BCUT2D eigenvalue weighted by molar-refractivity contribution is -0.384. The summed E-state index contributed by atoms with van der Waals surface area (Å²) in [5.74, 6) is -1.84. The Morgan fingerprint density at radius 3 is 2.19 bits per heavy atom. The Bertz CT molecular complexity index is 927. The largest absolute Gasteiger partial charge is 0.457 e. The van der Waals surface area contributed by atoms with E-state index in [0.29, 0.717) is 24.2 Å². The molecule has 1 aliphatic carbocycles. The van der Waals surface area contributed by atoms with Crippen molar-refractivity contribution in [2.24, 2.45) is 0 Å². The van der Waals surface area contributed by atoms with Gasteiger partial charge in [-0.1, -0.05) is 0 Å². The van der Waals surface area contributed by atoms with E-state index in [1.807, 2.05) is 0 Å². The Hall–Kier alpha value is -3.42. The number of hydrogen-bond acceptors (Lipinski definition) is 7. The van der Waals surface area contributed by atoms with Gasteiger partial charge in [-0.25, -0.2) is 9.59 Å². The molecule has 8 heteroatoms. The number of nitro benzene ring substituents is 1. The Morgan fingerprint density at radius 1 is 0.963 bits per heavy atom. The fraction of sp³-hybridized carbons (Fsp3) is 0.263. The molecule has 1 aromatic heterocycles. The van der Waals surface area contributed by atoms with Gasteiger partial charge in [0.05, 0.1) is 4.92 Å². The SMILES string of the molecule is O=C1OC2(CCCC2)OC(=O)C1=Cc1ccc(-c2ccc([N+](=O)[O-])cc2)o1. The van der Waals surface area contributed by atoms with Crippen molar-refractivity contribution in [3.63, 3.8) is 0 Å². The highest BCUT2D eigenvalue weighted by Gasteiger charge is 2.48. The summed E-state index contributed by atoms with van der Waals surface area (Å²) in [6, 6.07) is 9.08. The zero-order valence-corrected chi connectivity index (χ0v) is 14.2. The number of rotatable bonds is 3. The van der Waals surface area contributed by atoms with Crippen molar-refractivity contribution in [3.05, 3.63) is 57.8 Å². The fourth-order valence-electron chi connectivity index (χ4n) is 3.26. The van der Waals surface area contributed by atoms with Crippen LogP contribution in [0.1, 0.15) is 31.4 Å². The van der Waals surface area contributed by atoms with E-state index in [9.17, 15) is 19.7 Å². The molecule has 1 spiro atoms. The van der Waals surface area contributed by atoms with E-state index >= 15 is 0 Å². The third kappa shape index (κ3) is 3.21. The molecule has 0 bridgehead atoms. The first kappa shape index (κ1) is 17.0. The molecule has 2 aromatic rings. The lowest BCUT2D eigenvalue weighted by atomic mass is 10.1. The van der Waals surface area contributed by atoms with Gasteiger partial charge in [-0.2, -0.15) is 0 Å². The molecule has 2 aliphatic rings. The van der Waals surface area contributed by atoms with Gasteiger partial charge in [0.25, 0.3) is 11.5 Å². The van der Waals surface area contributed by atoms with Crippen LogP contribution in [0.15, 0.2) is 46.4 Å². The van der Waals surface area contributed by atoms with Gasteiger partial charge in [0, 0.05) is 36.6 Å². The highest BCUT2D eigenvalue weighted by Crippen LogP contribution is 2.38.